The molecule has 2 aliphatic rings. The molecule has 21 heavy (non-hydrogen) atoms. The minimum absolute atomic E-state index is 0.101. The van der Waals surface area contributed by atoms with Crippen molar-refractivity contribution >= 4 is 17.4 Å². The summed E-state index contributed by atoms with van der Waals surface area (Å²) in [6, 6.07) is 8.37. The van der Waals surface area contributed by atoms with Crippen molar-refractivity contribution in [1.29, 1.82) is 0 Å². The predicted octanol–water partition coefficient (Wildman–Crippen LogP) is 2.67. The van der Waals surface area contributed by atoms with Gasteiger partial charge in [0, 0.05) is 17.5 Å². The molecule has 0 spiro atoms. The number of benzene rings is 1. The van der Waals surface area contributed by atoms with E-state index in [0.717, 1.165) is 50.9 Å². The van der Waals surface area contributed by atoms with Gasteiger partial charge in [-0.3, -0.25) is 9.69 Å². The van der Waals surface area contributed by atoms with Gasteiger partial charge in [0.1, 0.15) is 0 Å². The monoisotopic (exact) mass is 306 g/mol. The Labute approximate surface area is 131 Å². The molecule has 0 saturated carbocycles. The maximum absolute atomic E-state index is 12.7. The van der Waals surface area contributed by atoms with Crippen LogP contribution in [0.5, 0.6) is 0 Å². The van der Waals surface area contributed by atoms with Gasteiger partial charge in [-0.15, -0.1) is 0 Å². The Hall–Kier alpha value is -0.900. The second kappa shape index (κ2) is 6.91. The fraction of sp³-hybridized carbons (Fsp3) is 0.588. The molecule has 1 atom stereocenters. The van der Waals surface area contributed by atoms with Gasteiger partial charge in [-0.1, -0.05) is 29.8 Å². The van der Waals surface area contributed by atoms with Crippen LogP contribution in [0.25, 0.3) is 0 Å². The van der Waals surface area contributed by atoms with Crippen molar-refractivity contribution < 1.29 is 4.79 Å². The van der Waals surface area contributed by atoms with E-state index in [4.69, 9.17) is 11.6 Å². The topological polar surface area (TPSA) is 32.3 Å². The highest BCUT2D eigenvalue weighted by atomic mass is 35.5. The van der Waals surface area contributed by atoms with Crippen LogP contribution in [0.2, 0.25) is 5.02 Å². The predicted molar refractivity (Wildman–Crippen MR) is 85.8 cm³/mol. The first-order valence-electron chi connectivity index (χ1n) is 7.98. The molecule has 2 saturated heterocycles. The zero-order valence-corrected chi connectivity index (χ0v) is 13.1. The minimum atomic E-state index is 0.101. The molecule has 4 heteroatoms. The molecule has 1 aromatic rings. The van der Waals surface area contributed by atoms with E-state index in [1.54, 1.807) is 0 Å². The van der Waals surface area contributed by atoms with Crippen LogP contribution in [0.4, 0.5) is 0 Å². The molecule has 2 aliphatic heterocycles. The van der Waals surface area contributed by atoms with Crippen LogP contribution in [0.3, 0.4) is 0 Å². The maximum Gasteiger partial charge on any atom is 0.154 e. The van der Waals surface area contributed by atoms with Crippen molar-refractivity contribution in [1.82, 2.24) is 10.2 Å². The third-order valence-corrected chi connectivity index (χ3v) is 5.13. The Kier molecular flexibility index (Phi) is 4.94. The largest absolute Gasteiger partial charge is 0.317 e. The normalized spacial score (nSPS) is 24.3. The highest BCUT2D eigenvalue weighted by molar-refractivity contribution is 6.31. The Morgan fingerprint density at radius 3 is 2.76 bits per heavy atom. The van der Waals surface area contributed by atoms with Gasteiger partial charge in [0.05, 0.1) is 6.04 Å². The number of halogens is 1. The summed E-state index contributed by atoms with van der Waals surface area (Å²) >= 11 is 6.19. The summed E-state index contributed by atoms with van der Waals surface area (Å²) in [5.74, 6) is 0.333. The van der Waals surface area contributed by atoms with E-state index in [0.29, 0.717) is 23.3 Å². The number of hydrogen-bond donors (Lipinski definition) is 1. The fourth-order valence-electron chi connectivity index (χ4n) is 3.66. The zero-order chi connectivity index (χ0) is 14.7. The van der Waals surface area contributed by atoms with Gasteiger partial charge in [0.15, 0.2) is 5.78 Å². The van der Waals surface area contributed by atoms with Gasteiger partial charge in [0.25, 0.3) is 0 Å². The van der Waals surface area contributed by atoms with Crippen LogP contribution in [0, 0.1) is 0 Å². The second-order valence-electron chi connectivity index (χ2n) is 6.11. The van der Waals surface area contributed by atoms with Gasteiger partial charge in [-0.25, -0.2) is 0 Å². The molecule has 0 radical (unpaired) electrons. The summed E-state index contributed by atoms with van der Waals surface area (Å²) in [4.78, 5) is 15.2. The number of piperidine rings is 1. The standard InChI is InChI=1S/C17H23ClN2O/c18-15-5-2-1-4-13(15)12-17(21)16-6-3-11-20(16)14-7-9-19-10-8-14/h1-2,4-5,14,16,19H,3,6-12H2. The summed E-state index contributed by atoms with van der Waals surface area (Å²) in [5, 5.41) is 4.11. The molecule has 0 amide bonds. The van der Waals surface area contributed by atoms with Crippen LogP contribution in [-0.4, -0.2) is 42.4 Å². The minimum Gasteiger partial charge on any atom is -0.317 e. The summed E-state index contributed by atoms with van der Waals surface area (Å²) in [5.41, 5.74) is 0.960. The number of carbonyl (C=O) groups excluding carboxylic acids is 1. The Balaban J connectivity index is 1.67. The van der Waals surface area contributed by atoms with Crippen molar-refractivity contribution in [3.8, 4) is 0 Å². The van der Waals surface area contributed by atoms with Crippen LogP contribution in [0.1, 0.15) is 31.2 Å². The lowest BCUT2D eigenvalue weighted by atomic mass is 9.98. The number of rotatable bonds is 4. The third kappa shape index (κ3) is 3.47. The van der Waals surface area contributed by atoms with Crippen LogP contribution in [-0.2, 0) is 11.2 Å². The molecular weight excluding hydrogens is 284 g/mol. The van der Waals surface area contributed by atoms with E-state index < -0.39 is 0 Å². The van der Waals surface area contributed by atoms with E-state index >= 15 is 0 Å². The van der Waals surface area contributed by atoms with Crippen LogP contribution < -0.4 is 5.32 Å². The first-order chi connectivity index (χ1) is 10.3. The lowest BCUT2D eigenvalue weighted by molar-refractivity contribution is -0.123. The summed E-state index contributed by atoms with van der Waals surface area (Å²) < 4.78 is 0. The Bertz CT molecular complexity index is 499. The number of nitrogens with zero attached hydrogens (tertiary/aromatic N) is 1. The first kappa shape index (κ1) is 15.0. The quantitative estimate of drug-likeness (QED) is 0.928. The molecule has 1 N–H and O–H groups in total. The summed E-state index contributed by atoms with van der Waals surface area (Å²) in [7, 11) is 0. The molecule has 2 fully saturated rings. The molecular formula is C17H23ClN2O. The van der Waals surface area contributed by atoms with E-state index in [1.165, 1.54) is 0 Å². The second-order valence-corrected chi connectivity index (χ2v) is 6.52. The van der Waals surface area contributed by atoms with Crippen molar-refractivity contribution in [3.05, 3.63) is 34.9 Å². The van der Waals surface area contributed by atoms with Gasteiger partial charge >= 0.3 is 0 Å². The van der Waals surface area contributed by atoms with Gasteiger partial charge in [0.2, 0.25) is 0 Å². The van der Waals surface area contributed by atoms with E-state index in [1.807, 2.05) is 24.3 Å². The lowest BCUT2D eigenvalue weighted by Crippen LogP contribution is -2.48. The van der Waals surface area contributed by atoms with Crippen molar-refractivity contribution in [2.45, 2.75) is 44.2 Å². The molecule has 1 aromatic carbocycles. The molecule has 0 aromatic heterocycles. The highest BCUT2D eigenvalue weighted by Crippen LogP contribution is 2.26. The Morgan fingerprint density at radius 2 is 2.00 bits per heavy atom. The first-order valence-corrected chi connectivity index (χ1v) is 8.36. The average Bonchev–Trinajstić information content (AvgIpc) is 3.00. The average molecular weight is 307 g/mol. The number of carbonyl (C=O) groups is 1. The lowest BCUT2D eigenvalue weighted by Gasteiger charge is -2.35. The van der Waals surface area contributed by atoms with Gasteiger partial charge < -0.3 is 5.32 Å². The zero-order valence-electron chi connectivity index (χ0n) is 12.4. The molecule has 0 bridgehead atoms. The van der Waals surface area contributed by atoms with Crippen molar-refractivity contribution in [3.63, 3.8) is 0 Å². The SMILES string of the molecule is O=C(Cc1ccccc1Cl)C1CCCN1C1CCNCC1. The molecule has 114 valence electrons. The molecule has 0 aliphatic carbocycles. The van der Waals surface area contributed by atoms with E-state index in [-0.39, 0.29) is 6.04 Å². The summed E-state index contributed by atoms with van der Waals surface area (Å²) in [6.45, 7) is 3.22. The number of likely N-dealkylation sites (tertiary alicyclic amines) is 1. The summed E-state index contributed by atoms with van der Waals surface area (Å²) in [6.07, 6.45) is 4.94. The number of ketones is 1. The fourth-order valence-corrected chi connectivity index (χ4v) is 3.86. The van der Waals surface area contributed by atoms with Crippen LogP contribution >= 0.6 is 11.6 Å². The van der Waals surface area contributed by atoms with Crippen LogP contribution in [0.15, 0.2) is 24.3 Å². The molecule has 2 heterocycles. The van der Waals surface area contributed by atoms with Gasteiger partial charge in [-0.05, 0) is 56.9 Å². The van der Waals surface area contributed by atoms with Gasteiger partial charge in [-0.2, -0.15) is 0 Å². The van der Waals surface area contributed by atoms with Crippen molar-refractivity contribution in [2.24, 2.45) is 0 Å². The number of nitrogens with one attached hydrogen (secondary N) is 1. The number of Topliss-reactive ketones (excluding diaryl/α,β-unsaturated/α-hetero) is 1. The molecule has 1 unspecified atom stereocenters. The molecule has 3 nitrogen and oxygen atoms in total. The highest BCUT2D eigenvalue weighted by Gasteiger charge is 2.35. The maximum atomic E-state index is 12.7. The van der Waals surface area contributed by atoms with Crippen molar-refractivity contribution in [2.75, 3.05) is 19.6 Å². The number of hydrogen-bond acceptors (Lipinski definition) is 3. The van der Waals surface area contributed by atoms with E-state index in [2.05, 4.69) is 10.2 Å². The van der Waals surface area contributed by atoms with E-state index in [9.17, 15) is 4.79 Å². The smallest absolute Gasteiger partial charge is 0.154 e. The third-order valence-electron chi connectivity index (χ3n) is 4.77. The Morgan fingerprint density at radius 1 is 1.24 bits per heavy atom. The molecule has 3 rings (SSSR count).